The normalized spacial score (nSPS) is 10.2. The van der Waals surface area contributed by atoms with Crippen molar-refractivity contribution in [3.63, 3.8) is 0 Å². The Kier molecular flexibility index (Phi) is 4.95. The summed E-state index contributed by atoms with van der Waals surface area (Å²) >= 11 is 0. The van der Waals surface area contributed by atoms with Crippen LogP contribution in [0, 0.1) is 13.8 Å². The third kappa shape index (κ3) is 4.07. The molecule has 21 heavy (non-hydrogen) atoms. The van der Waals surface area contributed by atoms with Crippen molar-refractivity contribution >= 4 is 11.6 Å². The zero-order chi connectivity index (χ0) is 15.2. The Morgan fingerprint density at radius 1 is 1.19 bits per heavy atom. The van der Waals surface area contributed by atoms with Crippen molar-refractivity contribution in [2.45, 2.75) is 20.5 Å². The lowest BCUT2D eigenvalue weighted by atomic mass is 10.1. The van der Waals surface area contributed by atoms with E-state index >= 15 is 0 Å². The minimum absolute atomic E-state index is 0.0929. The number of ether oxygens (including phenoxy) is 1. The van der Waals surface area contributed by atoms with Crippen molar-refractivity contribution < 1.29 is 14.6 Å². The summed E-state index contributed by atoms with van der Waals surface area (Å²) in [6.45, 7) is 3.75. The van der Waals surface area contributed by atoms with Crippen LogP contribution in [0.3, 0.4) is 0 Å². The lowest BCUT2D eigenvalue weighted by Gasteiger charge is -2.11. The summed E-state index contributed by atoms with van der Waals surface area (Å²) in [6, 6.07) is 12.9. The first kappa shape index (κ1) is 15.1. The Hall–Kier alpha value is -2.33. The molecule has 2 N–H and O–H groups in total. The van der Waals surface area contributed by atoms with E-state index < -0.39 is 0 Å². The van der Waals surface area contributed by atoms with Crippen molar-refractivity contribution in [3.8, 4) is 5.75 Å². The van der Waals surface area contributed by atoms with Gasteiger partial charge in [-0.2, -0.15) is 0 Å². The molecule has 2 aromatic rings. The van der Waals surface area contributed by atoms with E-state index in [1.54, 1.807) is 18.2 Å². The van der Waals surface area contributed by atoms with Gasteiger partial charge in [0, 0.05) is 11.3 Å². The van der Waals surface area contributed by atoms with Gasteiger partial charge in [0.05, 0.1) is 6.61 Å². The molecule has 0 bridgehead atoms. The maximum absolute atomic E-state index is 11.9. The van der Waals surface area contributed by atoms with Gasteiger partial charge in [0.2, 0.25) is 0 Å². The van der Waals surface area contributed by atoms with Crippen molar-refractivity contribution in [1.82, 2.24) is 0 Å². The Labute approximate surface area is 124 Å². The van der Waals surface area contributed by atoms with Gasteiger partial charge in [0.1, 0.15) is 5.75 Å². The highest BCUT2D eigenvalue weighted by atomic mass is 16.5. The fourth-order valence-corrected chi connectivity index (χ4v) is 2.06. The lowest BCUT2D eigenvalue weighted by Crippen LogP contribution is -2.21. The molecule has 0 aliphatic carbocycles. The predicted octanol–water partition coefficient (Wildman–Crippen LogP) is 2.81. The molecule has 110 valence electrons. The zero-order valence-corrected chi connectivity index (χ0v) is 12.2. The van der Waals surface area contributed by atoms with E-state index in [2.05, 4.69) is 5.32 Å². The molecule has 0 atom stereocenters. The molecular weight excluding hydrogens is 266 g/mol. The summed E-state index contributed by atoms with van der Waals surface area (Å²) < 4.78 is 5.45. The van der Waals surface area contributed by atoms with Crippen molar-refractivity contribution in [2.75, 3.05) is 11.9 Å². The molecule has 0 aliphatic rings. The van der Waals surface area contributed by atoms with Crippen LogP contribution >= 0.6 is 0 Å². The van der Waals surface area contributed by atoms with Gasteiger partial charge in [-0.25, -0.2) is 0 Å². The largest absolute Gasteiger partial charge is 0.483 e. The zero-order valence-electron chi connectivity index (χ0n) is 12.2. The van der Waals surface area contributed by atoms with Crippen LogP contribution in [-0.4, -0.2) is 17.6 Å². The van der Waals surface area contributed by atoms with Gasteiger partial charge in [-0.1, -0.05) is 35.9 Å². The number of para-hydroxylation sites is 1. The second-order valence-electron chi connectivity index (χ2n) is 4.92. The second-order valence-corrected chi connectivity index (χ2v) is 4.92. The van der Waals surface area contributed by atoms with Crippen molar-refractivity contribution in [2.24, 2.45) is 0 Å². The molecule has 0 radical (unpaired) electrons. The number of nitrogens with one attached hydrogen (secondary N) is 1. The van der Waals surface area contributed by atoms with E-state index in [0.29, 0.717) is 11.3 Å². The fraction of sp³-hybridized carbons (Fsp3) is 0.235. The number of aliphatic hydroxyl groups excluding tert-OH is 1. The van der Waals surface area contributed by atoms with Crippen LogP contribution in [0.25, 0.3) is 0 Å². The lowest BCUT2D eigenvalue weighted by molar-refractivity contribution is -0.118. The molecule has 0 unspecified atom stereocenters. The third-order valence-corrected chi connectivity index (χ3v) is 3.16. The van der Waals surface area contributed by atoms with Crippen molar-refractivity contribution in [1.29, 1.82) is 0 Å². The highest BCUT2D eigenvalue weighted by Gasteiger charge is 2.08. The molecule has 2 rings (SSSR count). The summed E-state index contributed by atoms with van der Waals surface area (Å²) in [4.78, 5) is 11.9. The topological polar surface area (TPSA) is 58.6 Å². The summed E-state index contributed by atoms with van der Waals surface area (Å²) in [6.07, 6.45) is 0. The summed E-state index contributed by atoms with van der Waals surface area (Å²) in [5, 5.41) is 12.0. The molecule has 0 aliphatic heterocycles. The minimum Gasteiger partial charge on any atom is -0.483 e. The number of carbonyl (C=O) groups excluding carboxylic acids is 1. The smallest absolute Gasteiger partial charge is 0.262 e. The van der Waals surface area contributed by atoms with Gasteiger partial charge in [-0.15, -0.1) is 0 Å². The minimum atomic E-state index is -0.227. The van der Waals surface area contributed by atoms with E-state index in [9.17, 15) is 9.90 Å². The van der Waals surface area contributed by atoms with Crippen LogP contribution < -0.4 is 10.1 Å². The maximum atomic E-state index is 11.9. The average Bonchev–Trinajstić information content (AvgIpc) is 2.48. The number of benzene rings is 2. The number of hydrogen-bond acceptors (Lipinski definition) is 3. The van der Waals surface area contributed by atoms with Gasteiger partial charge in [-0.3, -0.25) is 4.79 Å². The standard InChI is InChI=1S/C17H19NO3/c1-12-7-8-15(13(2)9-12)18-17(20)11-21-16-6-4-3-5-14(16)10-19/h3-9,19H,10-11H2,1-2H3,(H,18,20). The molecule has 0 saturated carbocycles. The van der Waals surface area contributed by atoms with Gasteiger partial charge < -0.3 is 15.2 Å². The molecule has 4 nitrogen and oxygen atoms in total. The van der Waals surface area contributed by atoms with Gasteiger partial charge >= 0.3 is 0 Å². The Morgan fingerprint density at radius 3 is 2.67 bits per heavy atom. The first-order valence-corrected chi connectivity index (χ1v) is 6.79. The van der Waals surface area contributed by atoms with E-state index in [1.165, 1.54) is 0 Å². The van der Waals surface area contributed by atoms with Crippen molar-refractivity contribution in [3.05, 3.63) is 59.2 Å². The monoisotopic (exact) mass is 285 g/mol. The van der Waals surface area contributed by atoms with Gasteiger partial charge in [0.25, 0.3) is 5.91 Å². The number of aliphatic hydroxyl groups is 1. The number of hydrogen-bond donors (Lipinski definition) is 2. The molecule has 2 aromatic carbocycles. The first-order chi connectivity index (χ1) is 10.1. The first-order valence-electron chi connectivity index (χ1n) is 6.79. The van der Waals surface area contributed by atoms with E-state index in [4.69, 9.17) is 4.74 Å². The Morgan fingerprint density at radius 2 is 1.95 bits per heavy atom. The third-order valence-electron chi connectivity index (χ3n) is 3.16. The Balaban J connectivity index is 1.96. The van der Waals surface area contributed by atoms with Crippen LogP contribution in [0.4, 0.5) is 5.69 Å². The van der Waals surface area contributed by atoms with Gasteiger partial charge in [0.15, 0.2) is 6.61 Å². The molecule has 0 heterocycles. The van der Waals surface area contributed by atoms with E-state index in [-0.39, 0.29) is 19.1 Å². The molecule has 0 saturated heterocycles. The number of amides is 1. The fourth-order valence-electron chi connectivity index (χ4n) is 2.06. The number of anilines is 1. The highest BCUT2D eigenvalue weighted by molar-refractivity contribution is 5.92. The SMILES string of the molecule is Cc1ccc(NC(=O)COc2ccccc2CO)c(C)c1. The molecule has 0 aromatic heterocycles. The molecule has 0 spiro atoms. The summed E-state index contributed by atoms with van der Waals surface area (Å²) in [5.74, 6) is 0.297. The highest BCUT2D eigenvalue weighted by Crippen LogP contribution is 2.18. The summed E-state index contributed by atoms with van der Waals surface area (Å²) in [5.41, 5.74) is 3.61. The molecular formula is C17H19NO3. The van der Waals surface area contributed by atoms with Crippen LogP contribution in [0.5, 0.6) is 5.75 Å². The maximum Gasteiger partial charge on any atom is 0.262 e. The Bertz CT molecular complexity index is 638. The predicted molar refractivity (Wildman–Crippen MR) is 82.4 cm³/mol. The van der Waals surface area contributed by atoms with Crippen LogP contribution in [0.1, 0.15) is 16.7 Å². The van der Waals surface area contributed by atoms with Crippen LogP contribution in [-0.2, 0) is 11.4 Å². The van der Waals surface area contributed by atoms with E-state index in [1.807, 2.05) is 38.1 Å². The number of carbonyl (C=O) groups is 1. The average molecular weight is 285 g/mol. The molecule has 1 amide bonds. The number of aryl methyl sites for hydroxylation is 2. The molecule has 0 fully saturated rings. The van der Waals surface area contributed by atoms with Crippen LogP contribution in [0.2, 0.25) is 0 Å². The summed E-state index contributed by atoms with van der Waals surface area (Å²) in [7, 11) is 0. The quantitative estimate of drug-likeness (QED) is 0.888. The van der Waals surface area contributed by atoms with E-state index in [0.717, 1.165) is 16.8 Å². The number of rotatable bonds is 5. The second kappa shape index (κ2) is 6.90. The van der Waals surface area contributed by atoms with Crippen LogP contribution in [0.15, 0.2) is 42.5 Å². The van der Waals surface area contributed by atoms with Gasteiger partial charge in [-0.05, 0) is 31.5 Å². The molecule has 4 heteroatoms.